The predicted octanol–water partition coefficient (Wildman–Crippen LogP) is 22.6. The lowest BCUT2D eigenvalue weighted by atomic mass is 10.0. The van der Waals surface area contributed by atoms with Crippen LogP contribution in [0.5, 0.6) is 0 Å². The monoisotopic (exact) mass is 1200 g/mol. The number of hydrogen-bond donors (Lipinski definition) is 2. The van der Waals surface area contributed by atoms with Gasteiger partial charge < -0.3 is 20.1 Å². The van der Waals surface area contributed by atoms with Crippen LogP contribution in [-0.4, -0.2) is 49.3 Å². The predicted molar refractivity (Wildman–Crippen MR) is 367 cm³/mol. The largest absolute Gasteiger partial charge is 0.472 e. The topological polar surface area (TPSA) is 134 Å². The molecule has 0 heterocycles. The van der Waals surface area contributed by atoms with E-state index in [1.54, 1.807) is 0 Å². The van der Waals surface area contributed by atoms with Gasteiger partial charge in [0, 0.05) is 19.4 Å². The highest BCUT2D eigenvalue weighted by atomic mass is 31.2. The molecule has 0 saturated carbocycles. The lowest BCUT2D eigenvalue weighted by molar-refractivity contribution is -0.161. The minimum atomic E-state index is -4.41. The molecular weight excluding hydrogens is 1070 g/mol. The number of phosphoric ester groups is 1. The Bertz CT molecular complexity index is 1900. The first-order valence-electron chi connectivity index (χ1n) is 34.3. The fourth-order valence-electron chi connectivity index (χ4n) is 9.23. The van der Waals surface area contributed by atoms with Crippen LogP contribution in [0.25, 0.3) is 0 Å². The highest BCUT2D eigenvalue weighted by Gasteiger charge is 2.26. The van der Waals surface area contributed by atoms with Crippen molar-refractivity contribution in [1.82, 2.24) is 0 Å². The highest BCUT2D eigenvalue weighted by molar-refractivity contribution is 7.47. The SMILES string of the molecule is CC/C=C\C/C=C\C/C=C\C/C=C\C/C=C\C/C=C\C/C=C\CCCCCC(=O)OC(COC(=O)CCCCCCCCCCCCCCCCCCCCCCCCC/C=C\C/C=C\C/C=C\C/C=C\C/C=C\CC)COP(=O)(O)OCCN. The number of allylic oxidation sites excluding steroid dienone is 24. The number of hydrogen-bond acceptors (Lipinski definition) is 8. The van der Waals surface area contributed by atoms with Crippen LogP contribution in [0, 0.1) is 0 Å². The van der Waals surface area contributed by atoms with Crippen molar-refractivity contribution in [2.75, 3.05) is 26.4 Å². The summed E-state index contributed by atoms with van der Waals surface area (Å²) in [7, 11) is -4.41. The molecule has 9 nitrogen and oxygen atoms in total. The molecule has 484 valence electrons. The quantitative estimate of drug-likeness (QED) is 0.0264. The van der Waals surface area contributed by atoms with Crippen LogP contribution in [0.1, 0.15) is 284 Å². The van der Waals surface area contributed by atoms with E-state index in [9.17, 15) is 19.0 Å². The van der Waals surface area contributed by atoms with Gasteiger partial charge >= 0.3 is 19.8 Å². The van der Waals surface area contributed by atoms with Gasteiger partial charge in [-0.15, -0.1) is 0 Å². The number of phosphoric acid groups is 1. The van der Waals surface area contributed by atoms with Crippen molar-refractivity contribution in [1.29, 1.82) is 0 Å². The third-order valence-corrected chi connectivity index (χ3v) is 15.2. The number of carbonyl (C=O) groups is 2. The van der Waals surface area contributed by atoms with Crippen LogP contribution < -0.4 is 5.73 Å². The lowest BCUT2D eigenvalue weighted by Crippen LogP contribution is -2.29. The van der Waals surface area contributed by atoms with Crippen LogP contribution in [0.3, 0.4) is 0 Å². The van der Waals surface area contributed by atoms with Crippen LogP contribution in [0.4, 0.5) is 0 Å². The molecule has 0 radical (unpaired) electrons. The third-order valence-electron chi connectivity index (χ3n) is 14.2. The van der Waals surface area contributed by atoms with E-state index in [1.807, 2.05) is 0 Å². The maximum absolute atomic E-state index is 12.7. The van der Waals surface area contributed by atoms with Gasteiger partial charge in [0.2, 0.25) is 0 Å². The van der Waals surface area contributed by atoms with Crippen molar-refractivity contribution in [3.63, 3.8) is 0 Å². The summed E-state index contributed by atoms with van der Waals surface area (Å²) in [5.74, 6) is -0.866. The van der Waals surface area contributed by atoms with Crippen LogP contribution in [0.2, 0.25) is 0 Å². The third kappa shape index (κ3) is 68.9. The molecule has 0 aliphatic heterocycles. The summed E-state index contributed by atoms with van der Waals surface area (Å²) in [5.41, 5.74) is 5.39. The van der Waals surface area contributed by atoms with E-state index in [-0.39, 0.29) is 32.6 Å². The zero-order valence-electron chi connectivity index (χ0n) is 54.3. The Kier molecular flexibility index (Phi) is 65.7. The summed E-state index contributed by atoms with van der Waals surface area (Å²) in [6.45, 7) is 3.48. The maximum Gasteiger partial charge on any atom is 0.472 e. The number of rotatable bonds is 63. The van der Waals surface area contributed by atoms with Crippen LogP contribution >= 0.6 is 7.82 Å². The van der Waals surface area contributed by atoms with Gasteiger partial charge in [-0.1, -0.05) is 301 Å². The van der Waals surface area contributed by atoms with Crippen molar-refractivity contribution >= 4 is 19.8 Å². The first-order valence-corrected chi connectivity index (χ1v) is 35.8. The molecule has 0 aromatic carbocycles. The molecule has 2 unspecified atom stereocenters. The molecule has 0 aromatic heterocycles. The van der Waals surface area contributed by atoms with Gasteiger partial charge in [-0.3, -0.25) is 18.6 Å². The van der Waals surface area contributed by atoms with Gasteiger partial charge in [-0.05, 0) is 116 Å². The number of ether oxygens (including phenoxy) is 2. The summed E-state index contributed by atoms with van der Waals surface area (Å²) in [6.07, 6.45) is 99.5. The fourth-order valence-corrected chi connectivity index (χ4v) is 10.00. The molecule has 0 spiro atoms. The summed E-state index contributed by atoms with van der Waals surface area (Å²) in [5, 5.41) is 0. The van der Waals surface area contributed by atoms with E-state index >= 15 is 0 Å². The van der Waals surface area contributed by atoms with Crippen molar-refractivity contribution in [2.24, 2.45) is 5.73 Å². The molecule has 0 aliphatic carbocycles. The molecule has 0 bridgehead atoms. The summed E-state index contributed by atoms with van der Waals surface area (Å²) < 4.78 is 33.1. The summed E-state index contributed by atoms with van der Waals surface area (Å²) in [4.78, 5) is 35.3. The molecule has 0 saturated heterocycles. The van der Waals surface area contributed by atoms with E-state index in [0.29, 0.717) is 6.42 Å². The Balaban J connectivity index is 3.89. The van der Waals surface area contributed by atoms with E-state index in [1.165, 1.54) is 135 Å². The molecule has 0 aromatic rings. The minimum Gasteiger partial charge on any atom is -0.462 e. The van der Waals surface area contributed by atoms with E-state index in [4.69, 9.17) is 24.3 Å². The summed E-state index contributed by atoms with van der Waals surface area (Å²) in [6, 6.07) is 0. The van der Waals surface area contributed by atoms with Crippen LogP contribution in [0.15, 0.2) is 146 Å². The molecule has 0 aliphatic rings. The average molecular weight is 1200 g/mol. The second-order valence-electron chi connectivity index (χ2n) is 22.3. The highest BCUT2D eigenvalue weighted by Crippen LogP contribution is 2.43. The van der Waals surface area contributed by atoms with E-state index in [0.717, 1.165) is 116 Å². The van der Waals surface area contributed by atoms with Gasteiger partial charge in [0.1, 0.15) is 6.61 Å². The van der Waals surface area contributed by atoms with Crippen LogP contribution in [-0.2, 0) is 32.7 Å². The molecule has 85 heavy (non-hydrogen) atoms. The van der Waals surface area contributed by atoms with E-state index < -0.39 is 32.5 Å². The standard InChI is InChI=1S/C75H126NO8P/c1-3-5-7-9-11-13-15-17-19-21-23-25-27-29-30-31-32-33-34-35-36-37-38-39-40-41-42-44-45-47-49-51-53-55-57-59-61-63-65-67-74(77)81-71-73(72-83-85(79,80)82-70-69-76)84-75(78)68-66-64-62-60-58-56-54-52-50-48-46-43-28-26-24-22-20-18-16-14-12-10-8-6-4-2/h5-8,11-14,17-20,23-26,29-30,43,46,50,52,56,58,73H,3-4,9-10,15-16,21-22,27-28,31-42,44-45,47-49,51,53-55,57,59-72,76H2,1-2H3,(H,79,80)/b7-5-,8-6-,13-11-,14-12-,19-17-,20-18-,25-23-,26-24-,30-29-,46-43-,52-50-,58-56-. The normalized spacial score (nSPS) is 13.9. The second-order valence-corrected chi connectivity index (χ2v) is 23.7. The van der Waals surface area contributed by atoms with Crippen molar-refractivity contribution in [3.05, 3.63) is 146 Å². The molecule has 0 rings (SSSR count). The Morgan fingerprint density at radius 2 is 0.612 bits per heavy atom. The Morgan fingerprint density at radius 1 is 0.353 bits per heavy atom. The molecule has 2 atom stereocenters. The Hall–Kier alpha value is -4.11. The van der Waals surface area contributed by atoms with Crippen molar-refractivity contribution in [2.45, 2.75) is 290 Å². The first-order chi connectivity index (χ1) is 41.8. The summed E-state index contributed by atoms with van der Waals surface area (Å²) >= 11 is 0. The molecule has 3 N–H and O–H groups in total. The minimum absolute atomic E-state index is 0.0418. The molecule has 0 amide bonds. The zero-order valence-corrected chi connectivity index (χ0v) is 55.2. The van der Waals surface area contributed by atoms with Gasteiger partial charge in [0.15, 0.2) is 6.10 Å². The Labute approximate surface area is 522 Å². The number of esters is 2. The fraction of sp³-hybridized carbons (Fsp3) is 0.653. The van der Waals surface area contributed by atoms with E-state index in [2.05, 4.69) is 160 Å². The number of unbranched alkanes of at least 4 members (excludes halogenated alkanes) is 26. The number of nitrogens with two attached hydrogens (primary N) is 1. The van der Waals surface area contributed by atoms with Gasteiger partial charge in [0.05, 0.1) is 13.2 Å². The van der Waals surface area contributed by atoms with Crippen molar-refractivity contribution < 1.29 is 37.6 Å². The Morgan fingerprint density at radius 3 is 0.918 bits per heavy atom. The van der Waals surface area contributed by atoms with Gasteiger partial charge in [-0.2, -0.15) is 0 Å². The molecule has 0 fully saturated rings. The first kappa shape index (κ1) is 80.9. The van der Waals surface area contributed by atoms with Gasteiger partial charge in [-0.25, -0.2) is 4.57 Å². The second kappa shape index (κ2) is 69.0. The lowest BCUT2D eigenvalue weighted by Gasteiger charge is -2.19. The smallest absolute Gasteiger partial charge is 0.462 e. The maximum atomic E-state index is 12.7. The van der Waals surface area contributed by atoms with Crippen molar-refractivity contribution in [3.8, 4) is 0 Å². The van der Waals surface area contributed by atoms with Gasteiger partial charge in [0.25, 0.3) is 0 Å². The zero-order chi connectivity index (χ0) is 61.6. The number of carbonyl (C=O) groups excluding carboxylic acids is 2. The molecular formula is C75H126NO8P. The average Bonchev–Trinajstić information content (AvgIpc) is 3.52. The molecule has 10 heteroatoms.